The van der Waals surface area contributed by atoms with E-state index in [4.69, 9.17) is 9.15 Å². The molecule has 0 bridgehead atoms. The molecular weight excluding hydrogens is 294 g/mol. The van der Waals surface area contributed by atoms with Gasteiger partial charge in [-0.3, -0.25) is 4.90 Å². The van der Waals surface area contributed by atoms with Crippen molar-refractivity contribution < 1.29 is 9.15 Å². The van der Waals surface area contributed by atoms with Crippen LogP contribution in [0.3, 0.4) is 0 Å². The summed E-state index contributed by atoms with van der Waals surface area (Å²) in [4.78, 5) is 4.50. The summed E-state index contributed by atoms with van der Waals surface area (Å²) in [6.45, 7) is 5.84. The van der Waals surface area contributed by atoms with Crippen LogP contribution in [0.15, 0.2) is 22.8 Å². The second-order valence-corrected chi connectivity index (χ2v) is 6.15. The highest BCUT2D eigenvalue weighted by atomic mass is 16.5. The number of rotatable bonds is 7. The Balaban J connectivity index is 1.53. The zero-order chi connectivity index (χ0) is 16.1. The fourth-order valence-electron chi connectivity index (χ4n) is 2.73. The Kier molecular flexibility index (Phi) is 5.43. The van der Waals surface area contributed by atoms with Gasteiger partial charge in [0.2, 0.25) is 0 Å². The van der Waals surface area contributed by atoms with Gasteiger partial charge in [0.05, 0.1) is 19.4 Å². The largest absolute Gasteiger partial charge is 0.468 e. The average molecular weight is 319 g/mol. The molecule has 0 aromatic carbocycles. The molecule has 0 amide bonds. The van der Waals surface area contributed by atoms with Gasteiger partial charge in [0.1, 0.15) is 18.2 Å². The Bertz CT molecular complexity index is 594. The van der Waals surface area contributed by atoms with Gasteiger partial charge >= 0.3 is 0 Å². The summed E-state index contributed by atoms with van der Waals surface area (Å²) in [5.74, 6) is 2.99. The van der Waals surface area contributed by atoms with Crippen molar-refractivity contribution in [3.63, 3.8) is 0 Å². The first-order valence-corrected chi connectivity index (χ1v) is 8.10. The van der Waals surface area contributed by atoms with E-state index in [1.807, 2.05) is 26.2 Å². The van der Waals surface area contributed by atoms with Crippen molar-refractivity contribution in [1.82, 2.24) is 24.6 Å². The van der Waals surface area contributed by atoms with Crippen molar-refractivity contribution >= 4 is 0 Å². The number of hydrogen-bond donors (Lipinski definition) is 0. The first-order valence-electron chi connectivity index (χ1n) is 8.10. The van der Waals surface area contributed by atoms with Gasteiger partial charge in [0, 0.05) is 32.6 Å². The van der Waals surface area contributed by atoms with E-state index in [0.29, 0.717) is 13.2 Å². The first-order chi connectivity index (χ1) is 11.2. The van der Waals surface area contributed by atoms with Crippen LogP contribution in [0.1, 0.15) is 17.4 Å². The zero-order valence-corrected chi connectivity index (χ0v) is 13.9. The number of nitrogens with zero attached hydrogens (tertiary/aromatic N) is 5. The summed E-state index contributed by atoms with van der Waals surface area (Å²) >= 11 is 0. The lowest BCUT2D eigenvalue weighted by atomic mass is 10.3. The third-order valence-corrected chi connectivity index (χ3v) is 4.07. The van der Waals surface area contributed by atoms with Crippen molar-refractivity contribution in [2.24, 2.45) is 0 Å². The van der Waals surface area contributed by atoms with E-state index in [-0.39, 0.29) is 0 Å². The molecule has 0 radical (unpaired) electrons. The zero-order valence-electron chi connectivity index (χ0n) is 13.9. The van der Waals surface area contributed by atoms with Gasteiger partial charge in [-0.15, -0.1) is 10.2 Å². The van der Waals surface area contributed by atoms with Crippen LogP contribution < -0.4 is 0 Å². The Hall–Kier alpha value is -1.70. The predicted molar refractivity (Wildman–Crippen MR) is 85.9 cm³/mol. The molecule has 3 rings (SSSR count). The Morgan fingerprint density at radius 1 is 1.26 bits per heavy atom. The van der Waals surface area contributed by atoms with E-state index in [2.05, 4.69) is 24.6 Å². The molecule has 0 atom stereocenters. The van der Waals surface area contributed by atoms with Gasteiger partial charge in [-0.25, -0.2) is 0 Å². The standard InChI is InChI=1S/C16H25N5O2/c1-19(2)9-11-22-13-16-18-17-15-5-6-20(7-8-21(15)16)12-14-4-3-10-23-14/h3-4,10H,5-9,11-13H2,1-2H3. The van der Waals surface area contributed by atoms with Gasteiger partial charge in [-0.1, -0.05) is 0 Å². The van der Waals surface area contributed by atoms with Crippen LogP contribution in [-0.4, -0.2) is 64.9 Å². The van der Waals surface area contributed by atoms with Crippen LogP contribution in [0.5, 0.6) is 0 Å². The number of aromatic nitrogens is 3. The summed E-state index contributed by atoms with van der Waals surface area (Å²) in [7, 11) is 4.08. The molecule has 0 N–H and O–H groups in total. The molecule has 0 aliphatic carbocycles. The minimum absolute atomic E-state index is 0.527. The van der Waals surface area contributed by atoms with Crippen molar-refractivity contribution in [2.45, 2.75) is 26.1 Å². The normalized spacial score (nSPS) is 15.8. The van der Waals surface area contributed by atoms with Gasteiger partial charge < -0.3 is 18.6 Å². The molecule has 7 nitrogen and oxygen atoms in total. The molecule has 7 heteroatoms. The van der Waals surface area contributed by atoms with E-state index in [0.717, 1.165) is 56.6 Å². The number of likely N-dealkylation sites (N-methyl/N-ethyl adjacent to an activating group) is 1. The van der Waals surface area contributed by atoms with Gasteiger partial charge in [-0.05, 0) is 26.2 Å². The fourth-order valence-corrected chi connectivity index (χ4v) is 2.73. The van der Waals surface area contributed by atoms with E-state index >= 15 is 0 Å². The van der Waals surface area contributed by atoms with E-state index in [1.165, 1.54) is 0 Å². The molecule has 126 valence electrons. The fraction of sp³-hybridized carbons (Fsp3) is 0.625. The number of furan rings is 1. The van der Waals surface area contributed by atoms with Crippen LogP contribution in [0.4, 0.5) is 0 Å². The topological polar surface area (TPSA) is 59.6 Å². The monoisotopic (exact) mass is 319 g/mol. The summed E-state index contributed by atoms with van der Waals surface area (Å²) in [6.07, 6.45) is 2.64. The second kappa shape index (κ2) is 7.72. The van der Waals surface area contributed by atoms with Crippen molar-refractivity contribution in [3.05, 3.63) is 35.8 Å². The molecule has 2 aromatic heterocycles. The third-order valence-electron chi connectivity index (χ3n) is 4.07. The maximum Gasteiger partial charge on any atom is 0.159 e. The minimum Gasteiger partial charge on any atom is -0.468 e. The molecule has 0 fully saturated rings. The van der Waals surface area contributed by atoms with Gasteiger partial charge in [0.25, 0.3) is 0 Å². The Morgan fingerprint density at radius 2 is 2.17 bits per heavy atom. The van der Waals surface area contributed by atoms with Crippen molar-refractivity contribution in [3.8, 4) is 0 Å². The van der Waals surface area contributed by atoms with Crippen molar-refractivity contribution in [2.75, 3.05) is 40.3 Å². The summed E-state index contributed by atoms with van der Waals surface area (Å²) in [5.41, 5.74) is 0. The molecule has 0 unspecified atom stereocenters. The Morgan fingerprint density at radius 3 is 2.96 bits per heavy atom. The molecule has 1 aliphatic rings. The molecule has 0 spiro atoms. The number of hydrogen-bond acceptors (Lipinski definition) is 6. The molecule has 0 saturated carbocycles. The molecule has 3 heterocycles. The summed E-state index contributed by atoms with van der Waals surface area (Å²) < 4.78 is 13.4. The second-order valence-electron chi connectivity index (χ2n) is 6.15. The maximum absolute atomic E-state index is 5.71. The lowest BCUT2D eigenvalue weighted by molar-refractivity contribution is 0.0978. The van der Waals surface area contributed by atoms with E-state index < -0.39 is 0 Å². The number of fused-ring (bicyclic) bond motifs is 1. The van der Waals surface area contributed by atoms with Crippen molar-refractivity contribution in [1.29, 1.82) is 0 Å². The molecular formula is C16H25N5O2. The van der Waals surface area contributed by atoms with Crippen LogP contribution in [0, 0.1) is 0 Å². The summed E-state index contributed by atoms with van der Waals surface area (Å²) in [6, 6.07) is 3.96. The average Bonchev–Trinajstić information content (AvgIpc) is 3.12. The highest BCUT2D eigenvalue weighted by Crippen LogP contribution is 2.13. The summed E-state index contributed by atoms with van der Waals surface area (Å²) in [5, 5.41) is 8.63. The quantitative estimate of drug-likeness (QED) is 0.710. The van der Waals surface area contributed by atoms with E-state index in [1.54, 1.807) is 6.26 Å². The van der Waals surface area contributed by atoms with Crippen LogP contribution >= 0.6 is 0 Å². The van der Waals surface area contributed by atoms with Crippen LogP contribution in [-0.2, 0) is 30.9 Å². The Labute approximate surface area is 136 Å². The molecule has 23 heavy (non-hydrogen) atoms. The van der Waals surface area contributed by atoms with Gasteiger partial charge in [0.15, 0.2) is 5.82 Å². The lowest BCUT2D eigenvalue weighted by Gasteiger charge is -2.18. The molecule has 1 aliphatic heterocycles. The smallest absolute Gasteiger partial charge is 0.159 e. The SMILES string of the molecule is CN(C)CCOCc1nnc2n1CCN(Cc1ccco1)CC2. The van der Waals surface area contributed by atoms with Crippen LogP contribution in [0.2, 0.25) is 0 Å². The third kappa shape index (κ3) is 4.40. The van der Waals surface area contributed by atoms with Gasteiger partial charge in [-0.2, -0.15) is 0 Å². The predicted octanol–water partition coefficient (Wildman–Crippen LogP) is 1.01. The van der Waals surface area contributed by atoms with Crippen LogP contribution in [0.25, 0.3) is 0 Å². The maximum atomic E-state index is 5.71. The van der Waals surface area contributed by atoms with E-state index in [9.17, 15) is 0 Å². The first kappa shape index (κ1) is 16.2. The number of ether oxygens (including phenoxy) is 1. The highest BCUT2D eigenvalue weighted by Gasteiger charge is 2.19. The molecule has 2 aromatic rings. The highest BCUT2D eigenvalue weighted by molar-refractivity contribution is 5.01. The molecule has 0 saturated heterocycles. The minimum atomic E-state index is 0.527. The lowest BCUT2D eigenvalue weighted by Crippen LogP contribution is -2.26.